The van der Waals surface area contributed by atoms with Gasteiger partial charge in [0.25, 0.3) is 0 Å². The molecule has 1 fully saturated rings. The van der Waals surface area contributed by atoms with Crippen LogP contribution in [0.25, 0.3) is 0 Å². The highest BCUT2D eigenvalue weighted by molar-refractivity contribution is 7.44. The van der Waals surface area contributed by atoms with Crippen molar-refractivity contribution < 1.29 is 8.36 Å². The van der Waals surface area contributed by atoms with Crippen molar-refractivity contribution in [2.75, 3.05) is 27.2 Å². The van der Waals surface area contributed by atoms with Crippen LogP contribution in [0.3, 0.4) is 0 Å². The predicted octanol–water partition coefficient (Wildman–Crippen LogP) is 0.123. The topological polar surface area (TPSA) is 3.24 Å². The Morgan fingerprint density at radius 3 is 2.44 bits per heavy atom. The van der Waals surface area contributed by atoms with Crippen LogP contribution in [-0.4, -0.2) is 44.0 Å². The molecule has 1 aliphatic heterocycles. The number of halogens is 1. The van der Waals surface area contributed by atoms with E-state index in [0.29, 0.717) is 4.16 Å². The standard InChI is InChI=1S/C4H12BFN2P/c1-7-3-4-8(2,5)9(7)6/h3-5H2,1-2H3/q+1. The molecule has 2 atom stereocenters. The van der Waals surface area contributed by atoms with Crippen molar-refractivity contribution in [3.8, 4) is 0 Å². The van der Waals surface area contributed by atoms with E-state index in [4.69, 9.17) is 0 Å². The summed E-state index contributed by atoms with van der Waals surface area (Å²) in [5.41, 5.74) is 0. The van der Waals surface area contributed by atoms with Gasteiger partial charge in [0.2, 0.25) is 0 Å². The number of rotatable bonds is 0. The smallest absolute Gasteiger partial charge is 0.346 e. The molecule has 0 saturated carbocycles. The summed E-state index contributed by atoms with van der Waals surface area (Å²) in [7, 11) is 4.33. The average molecular weight is 149 g/mol. The Balaban J connectivity index is 2.62. The molecule has 0 spiro atoms. The third kappa shape index (κ3) is 1.26. The third-order valence-corrected chi connectivity index (χ3v) is 3.56. The Bertz CT molecular complexity index is 121. The van der Waals surface area contributed by atoms with Gasteiger partial charge in [0, 0.05) is 0 Å². The first-order valence-electron chi connectivity index (χ1n) is 3.04. The van der Waals surface area contributed by atoms with Gasteiger partial charge >= 0.3 is 16.5 Å². The molecule has 0 bridgehead atoms. The van der Waals surface area contributed by atoms with Crippen LogP contribution in [0.5, 0.6) is 0 Å². The molecule has 0 aliphatic carbocycles. The van der Waals surface area contributed by atoms with E-state index in [9.17, 15) is 4.20 Å². The van der Waals surface area contributed by atoms with E-state index < -0.39 is 8.53 Å². The van der Waals surface area contributed by atoms with Crippen LogP contribution >= 0.6 is 8.53 Å². The lowest BCUT2D eigenvalue weighted by molar-refractivity contribution is -0.654. The molecule has 5 heteroatoms. The van der Waals surface area contributed by atoms with Gasteiger partial charge in [-0.2, -0.15) is 0 Å². The highest BCUT2D eigenvalue weighted by Crippen LogP contribution is 2.52. The Labute approximate surface area is 57.6 Å². The van der Waals surface area contributed by atoms with Crippen molar-refractivity contribution in [3.05, 3.63) is 0 Å². The normalized spacial score (nSPS) is 45.9. The van der Waals surface area contributed by atoms with E-state index in [1.807, 2.05) is 22.1 Å². The minimum absolute atomic E-state index is 0.547. The van der Waals surface area contributed by atoms with E-state index in [0.717, 1.165) is 13.1 Å². The predicted molar refractivity (Wildman–Crippen MR) is 40.3 cm³/mol. The second-order valence-electron chi connectivity index (χ2n) is 2.97. The van der Waals surface area contributed by atoms with Gasteiger partial charge in [0.1, 0.15) is 0 Å². The van der Waals surface area contributed by atoms with Crippen molar-refractivity contribution >= 4 is 16.5 Å². The summed E-state index contributed by atoms with van der Waals surface area (Å²) in [5.74, 6) is 0. The average Bonchev–Trinajstić information content (AvgIpc) is 1.97. The van der Waals surface area contributed by atoms with Crippen LogP contribution in [0.1, 0.15) is 0 Å². The lowest BCUT2D eigenvalue weighted by Crippen LogP contribution is -2.31. The molecule has 9 heavy (non-hydrogen) atoms. The van der Waals surface area contributed by atoms with Crippen LogP contribution in [0, 0.1) is 0 Å². The zero-order valence-corrected chi connectivity index (χ0v) is 7.03. The highest BCUT2D eigenvalue weighted by atomic mass is 31.2. The number of nitrogens with zero attached hydrogens (tertiary/aromatic N) is 2. The maximum Gasteiger partial charge on any atom is 0.376 e. The van der Waals surface area contributed by atoms with E-state index in [-0.39, 0.29) is 0 Å². The zero-order valence-electron chi connectivity index (χ0n) is 6.13. The van der Waals surface area contributed by atoms with Crippen LogP contribution < -0.4 is 0 Å². The lowest BCUT2D eigenvalue weighted by atomic mass is 10.3. The molecule has 1 saturated heterocycles. The van der Waals surface area contributed by atoms with E-state index in [1.165, 1.54) is 0 Å². The van der Waals surface area contributed by atoms with Gasteiger partial charge in [-0.1, -0.05) is 0 Å². The number of likely N-dealkylation sites (N-methyl/N-ethyl adjacent to an activating group) is 2. The van der Waals surface area contributed by atoms with Gasteiger partial charge < -0.3 is 4.16 Å². The van der Waals surface area contributed by atoms with E-state index in [1.54, 1.807) is 4.67 Å². The Hall–Kier alpha value is 0.345. The fraction of sp³-hybridized carbons (Fsp3) is 1.00. The fourth-order valence-electron chi connectivity index (χ4n) is 0.968. The molecule has 0 aromatic heterocycles. The summed E-state index contributed by atoms with van der Waals surface area (Å²) in [5, 5.41) is 0. The molecule has 0 amide bonds. The van der Waals surface area contributed by atoms with Crippen LogP contribution in [-0.2, 0) is 0 Å². The Morgan fingerprint density at radius 2 is 2.33 bits per heavy atom. The molecule has 2 nitrogen and oxygen atoms in total. The molecule has 2 unspecified atom stereocenters. The molecular formula is C4H12BFN2P+. The van der Waals surface area contributed by atoms with Gasteiger partial charge in [-0.05, 0) is 7.05 Å². The van der Waals surface area contributed by atoms with Crippen molar-refractivity contribution in [1.82, 2.24) is 4.67 Å². The van der Waals surface area contributed by atoms with Gasteiger partial charge in [-0.15, -0.1) is 4.20 Å². The number of quaternary nitrogens is 1. The van der Waals surface area contributed by atoms with Crippen molar-refractivity contribution in [1.29, 1.82) is 0 Å². The summed E-state index contributed by atoms with van der Waals surface area (Å²) < 4.78 is 15.4. The molecule has 1 heterocycles. The van der Waals surface area contributed by atoms with Crippen LogP contribution in [0.4, 0.5) is 4.20 Å². The summed E-state index contributed by atoms with van der Waals surface area (Å²) in [6, 6.07) is 0. The van der Waals surface area contributed by atoms with Gasteiger partial charge in [-0.3, -0.25) is 0 Å². The summed E-state index contributed by atoms with van der Waals surface area (Å²) in [6.07, 6.45) is 0. The minimum Gasteiger partial charge on any atom is -0.346 e. The Kier molecular flexibility index (Phi) is 1.81. The second kappa shape index (κ2) is 2.19. The SMILES string of the molecule is B[N+]1(C)CCN(C)P1F. The maximum atomic E-state index is 13.1. The molecule has 0 aromatic carbocycles. The number of hydrogen-bond acceptors (Lipinski definition) is 1. The van der Waals surface area contributed by atoms with E-state index in [2.05, 4.69) is 0 Å². The first-order chi connectivity index (χ1) is 4.04. The maximum absolute atomic E-state index is 13.1. The van der Waals surface area contributed by atoms with Crippen LogP contribution in [0.2, 0.25) is 0 Å². The van der Waals surface area contributed by atoms with Crippen molar-refractivity contribution in [3.63, 3.8) is 0 Å². The molecule has 52 valence electrons. The van der Waals surface area contributed by atoms with Gasteiger partial charge in [0.15, 0.2) is 0 Å². The summed E-state index contributed by atoms with van der Waals surface area (Å²) >= 11 is 0. The Morgan fingerprint density at radius 1 is 1.78 bits per heavy atom. The van der Waals surface area contributed by atoms with Crippen molar-refractivity contribution in [2.45, 2.75) is 0 Å². The quantitative estimate of drug-likeness (QED) is 0.349. The number of hydrogen-bond donors (Lipinski definition) is 0. The molecule has 0 radical (unpaired) electrons. The largest absolute Gasteiger partial charge is 0.376 e. The molecule has 0 N–H and O–H groups in total. The highest BCUT2D eigenvalue weighted by Gasteiger charge is 2.40. The van der Waals surface area contributed by atoms with Crippen molar-refractivity contribution in [2.24, 2.45) is 0 Å². The third-order valence-electron chi connectivity index (χ3n) is 1.70. The molecule has 0 aromatic rings. The first-order valence-corrected chi connectivity index (χ1v) is 4.18. The summed E-state index contributed by atoms with van der Waals surface area (Å²) in [6.45, 7) is 1.84. The fourth-order valence-corrected chi connectivity index (χ4v) is 2.30. The molecule has 1 aliphatic rings. The molecular weight excluding hydrogens is 137 g/mol. The second-order valence-corrected chi connectivity index (χ2v) is 5.21. The molecule has 1 rings (SSSR count). The van der Waals surface area contributed by atoms with E-state index >= 15 is 0 Å². The zero-order chi connectivity index (χ0) is 7.07. The van der Waals surface area contributed by atoms with Gasteiger partial charge in [-0.25, -0.2) is 4.67 Å². The lowest BCUT2D eigenvalue weighted by Gasteiger charge is -2.25. The monoisotopic (exact) mass is 149 g/mol. The van der Waals surface area contributed by atoms with Gasteiger partial charge in [0.05, 0.1) is 20.1 Å². The van der Waals surface area contributed by atoms with Crippen LogP contribution in [0.15, 0.2) is 0 Å². The minimum atomic E-state index is -1.40. The summed E-state index contributed by atoms with van der Waals surface area (Å²) in [4.78, 5) is 0. The first kappa shape index (κ1) is 7.45.